The van der Waals surface area contributed by atoms with Crippen LogP contribution in [0.2, 0.25) is 0 Å². The molecule has 0 saturated carbocycles. The summed E-state index contributed by atoms with van der Waals surface area (Å²) in [5.41, 5.74) is 1.19. The van der Waals surface area contributed by atoms with E-state index in [4.69, 9.17) is 13.9 Å². The molecule has 1 unspecified atom stereocenters. The monoisotopic (exact) mass is 461 g/mol. The van der Waals surface area contributed by atoms with Crippen LogP contribution in [0.25, 0.3) is 5.76 Å². The number of rotatable bonds is 8. The molecule has 1 amide bonds. The molecule has 1 atom stereocenters. The van der Waals surface area contributed by atoms with Crippen molar-refractivity contribution in [2.24, 2.45) is 0 Å². The zero-order valence-corrected chi connectivity index (χ0v) is 19.4. The lowest BCUT2D eigenvalue weighted by Crippen LogP contribution is -2.29. The van der Waals surface area contributed by atoms with Gasteiger partial charge >= 0.3 is 0 Å². The summed E-state index contributed by atoms with van der Waals surface area (Å²) in [4.78, 5) is 27.7. The van der Waals surface area contributed by atoms with Gasteiger partial charge in [-0.05, 0) is 55.3 Å². The van der Waals surface area contributed by atoms with Gasteiger partial charge in [-0.25, -0.2) is 0 Å². The summed E-state index contributed by atoms with van der Waals surface area (Å²) in [6.45, 7) is 4.48. The standard InChI is InChI=1S/C27H27NO6/c1-4-14-33-21-7-5-6-19(15-21)25(29)23-24(22-13-8-17(2)34-22)28(27(31)26(23)30)16-18-9-11-20(32-3)12-10-18/h5-13,15,24,29H,4,14,16H2,1-3H3/b25-23-. The fourth-order valence-corrected chi connectivity index (χ4v) is 3.98. The van der Waals surface area contributed by atoms with Crippen molar-refractivity contribution in [1.29, 1.82) is 0 Å². The zero-order valence-electron chi connectivity index (χ0n) is 19.4. The maximum absolute atomic E-state index is 13.2. The zero-order chi connectivity index (χ0) is 24.2. The molecule has 1 aliphatic heterocycles. The Morgan fingerprint density at radius 1 is 1.06 bits per heavy atom. The Balaban J connectivity index is 1.77. The Morgan fingerprint density at radius 3 is 2.47 bits per heavy atom. The number of hydrogen-bond donors (Lipinski definition) is 1. The van der Waals surface area contributed by atoms with Gasteiger partial charge in [0.05, 0.1) is 19.3 Å². The van der Waals surface area contributed by atoms with Crippen molar-refractivity contribution in [1.82, 2.24) is 4.90 Å². The topological polar surface area (TPSA) is 89.2 Å². The van der Waals surface area contributed by atoms with Gasteiger partial charge in [-0.3, -0.25) is 9.59 Å². The smallest absolute Gasteiger partial charge is 0.296 e. The predicted molar refractivity (Wildman–Crippen MR) is 127 cm³/mol. The number of aryl methyl sites for hydroxylation is 1. The molecular weight excluding hydrogens is 434 g/mol. The van der Waals surface area contributed by atoms with Crippen LogP contribution in [0.1, 0.15) is 42.0 Å². The lowest BCUT2D eigenvalue weighted by molar-refractivity contribution is -0.140. The van der Waals surface area contributed by atoms with E-state index in [1.165, 1.54) is 4.90 Å². The molecule has 176 valence electrons. The third-order valence-corrected chi connectivity index (χ3v) is 5.66. The lowest BCUT2D eigenvalue weighted by Gasteiger charge is -2.23. The van der Waals surface area contributed by atoms with Crippen LogP contribution in [-0.2, 0) is 16.1 Å². The molecule has 2 heterocycles. The fraction of sp³-hybridized carbons (Fsp3) is 0.259. The van der Waals surface area contributed by atoms with Crippen molar-refractivity contribution >= 4 is 17.4 Å². The first-order valence-electron chi connectivity index (χ1n) is 11.1. The van der Waals surface area contributed by atoms with Crippen molar-refractivity contribution in [2.45, 2.75) is 32.9 Å². The van der Waals surface area contributed by atoms with Gasteiger partial charge in [-0.1, -0.05) is 31.2 Å². The van der Waals surface area contributed by atoms with Gasteiger partial charge in [0.25, 0.3) is 11.7 Å². The Labute approximate surface area is 198 Å². The highest BCUT2D eigenvalue weighted by molar-refractivity contribution is 6.46. The van der Waals surface area contributed by atoms with E-state index in [1.807, 2.05) is 19.1 Å². The maximum atomic E-state index is 13.2. The summed E-state index contributed by atoms with van der Waals surface area (Å²) in [5.74, 6) is 0.583. The van der Waals surface area contributed by atoms with E-state index in [0.29, 0.717) is 35.2 Å². The Kier molecular flexibility index (Phi) is 6.72. The molecule has 34 heavy (non-hydrogen) atoms. The molecule has 0 radical (unpaired) electrons. The number of amides is 1. The summed E-state index contributed by atoms with van der Waals surface area (Å²) >= 11 is 0. The van der Waals surface area contributed by atoms with Gasteiger partial charge in [0.15, 0.2) is 0 Å². The molecule has 0 aliphatic carbocycles. The van der Waals surface area contributed by atoms with Gasteiger partial charge in [-0.15, -0.1) is 0 Å². The van der Waals surface area contributed by atoms with Crippen LogP contribution in [0.5, 0.6) is 11.5 Å². The number of methoxy groups -OCH3 is 1. The fourth-order valence-electron chi connectivity index (χ4n) is 3.98. The van der Waals surface area contributed by atoms with Gasteiger partial charge in [-0.2, -0.15) is 0 Å². The van der Waals surface area contributed by atoms with Crippen molar-refractivity contribution < 1.29 is 28.6 Å². The van der Waals surface area contributed by atoms with E-state index in [2.05, 4.69) is 0 Å². The summed E-state index contributed by atoms with van der Waals surface area (Å²) in [7, 11) is 1.58. The number of Topliss-reactive ketones (excluding diaryl/α,β-unsaturated/α-hetero) is 1. The van der Waals surface area contributed by atoms with E-state index in [0.717, 1.165) is 12.0 Å². The number of nitrogens with zero attached hydrogens (tertiary/aromatic N) is 1. The minimum Gasteiger partial charge on any atom is -0.507 e. The van der Waals surface area contributed by atoms with E-state index in [1.54, 1.807) is 62.6 Å². The van der Waals surface area contributed by atoms with Gasteiger partial charge in [0, 0.05) is 12.1 Å². The van der Waals surface area contributed by atoms with Gasteiger partial charge in [0.2, 0.25) is 0 Å². The molecule has 4 rings (SSSR count). The first-order valence-corrected chi connectivity index (χ1v) is 11.1. The van der Waals surface area contributed by atoms with Crippen molar-refractivity contribution in [3.8, 4) is 11.5 Å². The van der Waals surface area contributed by atoms with Crippen LogP contribution < -0.4 is 9.47 Å². The molecule has 0 bridgehead atoms. The summed E-state index contributed by atoms with van der Waals surface area (Å²) in [6, 6.07) is 16.7. The van der Waals surface area contributed by atoms with E-state index in [-0.39, 0.29) is 17.9 Å². The van der Waals surface area contributed by atoms with Crippen LogP contribution in [0.4, 0.5) is 0 Å². The van der Waals surface area contributed by atoms with Gasteiger partial charge in [0.1, 0.15) is 34.8 Å². The minimum atomic E-state index is -0.865. The summed E-state index contributed by atoms with van der Waals surface area (Å²) in [6.07, 6.45) is 0.838. The highest BCUT2D eigenvalue weighted by atomic mass is 16.5. The van der Waals surface area contributed by atoms with Crippen LogP contribution in [0.3, 0.4) is 0 Å². The van der Waals surface area contributed by atoms with Crippen LogP contribution in [-0.4, -0.2) is 35.4 Å². The largest absolute Gasteiger partial charge is 0.507 e. The molecule has 7 heteroatoms. The number of ether oxygens (including phenoxy) is 2. The third kappa shape index (κ3) is 4.55. The lowest BCUT2D eigenvalue weighted by atomic mass is 9.99. The number of carbonyl (C=O) groups is 2. The van der Waals surface area contributed by atoms with Crippen molar-refractivity contribution in [2.75, 3.05) is 13.7 Å². The van der Waals surface area contributed by atoms with Crippen LogP contribution in [0.15, 0.2) is 70.7 Å². The molecule has 1 aromatic heterocycles. The second-order valence-corrected chi connectivity index (χ2v) is 8.10. The number of furan rings is 1. The summed E-state index contributed by atoms with van der Waals surface area (Å²) < 4.78 is 16.7. The Bertz CT molecular complexity index is 1220. The predicted octanol–water partition coefficient (Wildman–Crippen LogP) is 5.01. The molecule has 1 fully saturated rings. The molecular formula is C27H27NO6. The Hall–Kier alpha value is -4.00. The third-order valence-electron chi connectivity index (χ3n) is 5.66. The Morgan fingerprint density at radius 2 is 1.82 bits per heavy atom. The van der Waals surface area contributed by atoms with E-state index >= 15 is 0 Å². The minimum absolute atomic E-state index is 0.0134. The summed E-state index contributed by atoms with van der Waals surface area (Å²) in [5, 5.41) is 11.2. The molecule has 7 nitrogen and oxygen atoms in total. The second-order valence-electron chi connectivity index (χ2n) is 8.10. The second kappa shape index (κ2) is 9.87. The van der Waals surface area contributed by atoms with Crippen molar-refractivity contribution in [3.63, 3.8) is 0 Å². The quantitative estimate of drug-likeness (QED) is 0.288. The molecule has 1 aliphatic rings. The number of likely N-dealkylation sites (tertiary alicyclic amines) is 1. The number of hydrogen-bond acceptors (Lipinski definition) is 6. The van der Waals surface area contributed by atoms with E-state index < -0.39 is 17.7 Å². The number of ketones is 1. The first kappa shape index (κ1) is 23.2. The molecule has 3 aromatic rings. The first-order chi connectivity index (χ1) is 16.4. The normalized spacial score (nSPS) is 17.3. The average molecular weight is 462 g/mol. The number of aliphatic hydroxyl groups excluding tert-OH is 1. The molecule has 1 saturated heterocycles. The van der Waals surface area contributed by atoms with Gasteiger partial charge < -0.3 is 23.9 Å². The maximum Gasteiger partial charge on any atom is 0.296 e. The molecule has 2 aromatic carbocycles. The highest BCUT2D eigenvalue weighted by Gasteiger charge is 2.47. The highest BCUT2D eigenvalue weighted by Crippen LogP contribution is 2.41. The molecule has 1 N–H and O–H groups in total. The number of benzene rings is 2. The molecule has 0 spiro atoms. The van der Waals surface area contributed by atoms with Crippen molar-refractivity contribution in [3.05, 3.63) is 88.9 Å². The number of aliphatic hydroxyl groups is 1. The van der Waals surface area contributed by atoms with Crippen LogP contribution >= 0.6 is 0 Å². The average Bonchev–Trinajstić information content (AvgIpc) is 3.39. The van der Waals surface area contributed by atoms with Crippen LogP contribution in [0, 0.1) is 6.92 Å². The SMILES string of the molecule is CCCOc1cccc(/C(O)=C2/C(=O)C(=O)N(Cc3ccc(OC)cc3)C2c2ccc(C)o2)c1. The number of carbonyl (C=O) groups excluding carboxylic acids is 2. The van der Waals surface area contributed by atoms with E-state index in [9.17, 15) is 14.7 Å².